The summed E-state index contributed by atoms with van der Waals surface area (Å²) >= 11 is 0. The minimum absolute atomic E-state index is 0.0746. The molecule has 2 heterocycles. The monoisotopic (exact) mass is 430 g/mol. The Morgan fingerprint density at radius 2 is 1.72 bits per heavy atom. The summed E-state index contributed by atoms with van der Waals surface area (Å²) in [6, 6.07) is 15.6. The maximum atomic E-state index is 12.3. The summed E-state index contributed by atoms with van der Waals surface area (Å²) in [7, 11) is 0. The van der Waals surface area contributed by atoms with Crippen molar-refractivity contribution in [1.82, 2.24) is 19.7 Å². The van der Waals surface area contributed by atoms with Crippen molar-refractivity contribution >= 4 is 17.3 Å². The molecule has 0 saturated heterocycles. The number of benzene rings is 2. The molecule has 2 aromatic carbocycles. The molecule has 4 rings (SSSR count). The number of nitro benzene ring substituents is 1. The van der Waals surface area contributed by atoms with Gasteiger partial charge in [0.2, 0.25) is 5.88 Å². The Morgan fingerprint density at radius 1 is 1.00 bits per heavy atom. The molecule has 4 aromatic rings. The molecule has 10 heteroatoms. The Kier molecular flexibility index (Phi) is 5.58. The molecule has 2 aromatic heterocycles. The third-order valence-electron chi connectivity index (χ3n) is 4.80. The van der Waals surface area contributed by atoms with Crippen molar-refractivity contribution in [3.05, 3.63) is 94.1 Å². The molecule has 32 heavy (non-hydrogen) atoms. The lowest BCUT2D eigenvalue weighted by Crippen LogP contribution is -2.11. The SMILES string of the molecule is Cc1ncn(-c2ccc(Oc3ccc(NC(=O)c4ccc([N+](=O)[O-])cc4)cc3)nn2)c1C. The van der Waals surface area contributed by atoms with Crippen LogP contribution in [0.1, 0.15) is 21.7 Å². The van der Waals surface area contributed by atoms with Crippen LogP contribution in [0.15, 0.2) is 67.0 Å². The predicted molar refractivity (Wildman–Crippen MR) is 116 cm³/mol. The van der Waals surface area contributed by atoms with Crippen LogP contribution in [0.2, 0.25) is 0 Å². The zero-order valence-corrected chi connectivity index (χ0v) is 17.2. The molecule has 0 bridgehead atoms. The molecular weight excluding hydrogens is 412 g/mol. The van der Waals surface area contributed by atoms with Gasteiger partial charge in [0, 0.05) is 35.1 Å². The first-order valence-corrected chi connectivity index (χ1v) is 9.59. The van der Waals surface area contributed by atoms with E-state index in [9.17, 15) is 14.9 Å². The number of non-ortho nitro benzene ring substituents is 1. The Labute approximate surface area is 182 Å². The summed E-state index contributed by atoms with van der Waals surface area (Å²) in [6.07, 6.45) is 1.69. The van der Waals surface area contributed by atoms with E-state index in [2.05, 4.69) is 20.5 Å². The minimum atomic E-state index is -0.516. The largest absolute Gasteiger partial charge is 0.438 e. The van der Waals surface area contributed by atoms with E-state index >= 15 is 0 Å². The van der Waals surface area contributed by atoms with Gasteiger partial charge in [-0.25, -0.2) is 4.98 Å². The zero-order valence-electron chi connectivity index (χ0n) is 17.2. The highest BCUT2D eigenvalue weighted by Gasteiger charge is 2.10. The van der Waals surface area contributed by atoms with Crippen LogP contribution in [0.25, 0.3) is 5.82 Å². The second kappa shape index (κ2) is 8.64. The number of carbonyl (C=O) groups excluding carboxylic acids is 1. The number of amides is 1. The number of nitrogens with one attached hydrogen (secondary N) is 1. The lowest BCUT2D eigenvalue weighted by atomic mass is 10.2. The Morgan fingerprint density at radius 3 is 2.28 bits per heavy atom. The van der Waals surface area contributed by atoms with Crippen LogP contribution in [-0.2, 0) is 0 Å². The van der Waals surface area contributed by atoms with Gasteiger partial charge in [-0.2, -0.15) is 0 Å². The van der Waals surface area contributed by atoms with Crippen molar-refractivity contribution < 1.29 is 14.5 Å². The van der Waals surface area contributed by atoms with Gasteiger partial charge in [0.05, 0.1) is 10.6 Å². The van der Waals surface area contributed by atoms with Gasteiger partial charge < -0.3 is 10.1 Å². The van der Waals surface area contributed by atoms with Gasteiger partial charge in [0.25, 0.3) is 11.6 Å². The zero-order chi connectivity index (χ0) is 22.7. The normalized spacial score (nSPS) is 10.6. The van der Waals surface area contributed by atoms with E-state index in [4.69, 9.17) is 4.74 Å². The van der Waals surface area contributed by atoms with Crippen molar-refractivity contribution in [2.45, 2.75) is 13.8 Å². The van der Waals surface area contributed by atoms with Crippen molar-refractivity contribution in [1.29, 1.82) is 0 Å². The number of imidazole rings is 1. The molecule has 0 aliphatic heterocycles. The number of hydrogen-bond acceptors (Lipinski definition) is 7. The highest BCUT2D eigenvalue weighted by atomic mass is 16.6. The smallest absolute Gasteiger partial charge is 0.269 e. The molecule has 0 fully saturated rings. The Bertz CT molecular complexity index is 1270. The fourth-order valence-corrected chi connectivity index (χ4v) is 2.89. The lowest BCUT2D eigenvalue weighted by Gasteiger charge is -2.08. The number of carbonyl (C=O) groups is 1. The summed E-state index contributed by atoms with van der Waals surface area (Å²) < 4.78 is 7.55. The standard InChI is InChI=1S/C22H18N6O4/c1-14-15(2)27(13-23-14)20-11-12-21(26-25-20)32-19-9-5-17(6-10-19)24-22(29)16-3-7-18(8-4-16)28(30)31/h3-13H,1-2H3,(H,24,29). The van der Waals surface area contributed by atoms with Crippen molar-refractivity contribution in [3.8, 4) is 17.4 Å². The quantitative estimate of drug-likeness (QED) is 0.358. The minimum Gasteiger partial charge on any atom is -0.438 e. The predicted octanol–water partition coefficient (Wildman–Crippen LogP) is 4.23. The molecule has 1 amide bonds. The van der Waals surface area contributed by atoms with Gasteiger partial charge in [0.1, 0.15) is 12.1 Å². The van der Waals surface area contributed by atoms with E-state index < -0.39 is 4.92 Å². The lowest BCUT2D eigenvalue weighted by molar-refractivity contribution is -0.384. The van der Waals surface area contributed by atoms with Crippen LogP contribution in [-0.4, -0.2) is 30.6 Å². The number of hydrogen-bond donors (Lipinski definition) is 1. The number of ether oxygens (including phenoxy) is 1. The maximum absolute atomic E-state index is 12.3. The molecule has 160 valence electrons. The molecule has 0 aliphatic rings. The number of aromatic nitrogens is 4. The summed E-state index contributed by atoms with van der Waals surface area (Å²) in [5.74, 6) is 1.11. The highest BCUT2D eigenvalue weighted by Crippen LogP contribution is 2.22. The Balaban J connectivity index is 1.39. The molecule has 0 radical (unpaired) electrons. The van der Waals surface area contributed by atoms with E-state index in [-0.39, 0.29) is 11.6 Å². The van der Waals surface area contributed by atoms with Crippen LogP contribution >= 0.6 is 0 Å². The summed E-state index contributed by atoms with van der Waals surface area (Å²) in [6.45, 7) is 3.88. The topological polar surface area (TPSA) is 125 Å². The first kappa shape index (κ1) is 20.7. The molecule has 1 N–H and O–H groups in total. The van der Waals surface area contributed by atoms with Crippen LogP contribution < -0.4 is 10.1 Å². The molecule has 0 saturated carbocycles. The number of rotatable bonds is 6. The molecular formula is C22H18N6O4. The number of aryl methyl sites for hydroxylation is 1. The summed E-state index contributed by atoms with van der Waals surface area (Å²) in [5.41, 5.74) is 2.70. The van der Waals surface area contributed by atoms with E-state index in [1.54, 1.807) is 42.7 Å². The van der Waals surface area contributed by atoms with Gasteiger partial charge in [-0.1, -0.05) is 0 Å². The summed E-state index contributed by atoms with van der Waals surface area (Å²) in [5, 5.41) is 21.7. The van der Waals surface area contributed by atoms with E-state index in [1.165, 1.54) is 24.3 Å². The third kappa shape index (κ3) is 4.43. The maximum Gasteiger partial charge on any atom is 0.269 e. The average molecular weight is 430 g/mol. The van der Waals surface area contributed by atoms with E-state index in [0.29, 0.717) is 28.7 Å². The molecule has 0 unspecified atom stereocenters. The van der Waals surface area contributed by atoms with Crippen molar-refractivity contribution in [2.24, 2.45) is 0 Å². The highest BCUT2D eigenvalue weighted by molar-refractivity contribution is 6.04. The average Bonchev–Trinajstić information content (AvgIpc) is 3.14. The molecule has 0 spiro atoms. The van der Waals surface area contributed by atoms with Crippen molar-refractivity contribution in [2.75, 3.05) is 5.32 Å². The molecule has 10 nitrogen and oxygen atoms in total. The van der Waals surface area contributed by atoms with Crippen LogP contribution in [0.5, 0.6) is 11.6 Å². The van der Waals surface area contributed by atoms with Crippen LogP contribution in [0.3, 0.4) is 0 Å². The third-order valence-corrected chi connectivity index (χ3v) is 4.80. The number of nitro groups is 1. The number of nitrogens with zero attached hydrogens (tertiary/aromatic N) is 5. The van der Waals surface area contributed by atoms with Crippen molar-refractivity contribution in [3.63, 3.8) is 0 Å². The fraction of sp³-hybridized carbons (Fsp3) is 0.0909. The van der Waals surface area contributed by atoms with Gasteiger partial charge in [-0.15, -0.1) is 10.2 Å². The van der Waals surface area contributed by atoms with Crippen LogP contribution in [0.4, 0.5) is 11.4 Å². The van der Waals surface area contributed by atoms with Gasteiger partial charge >= 0.3 is 0 Å². The van der Waals surface area contributed by atoms with Gasteiger partial charge in [-0.05, 0) is 56.3 Å². The first-order valence-electron chi connectivity index (χ1n) is 9.59. The van der Waals surface area contributed by atoms with Crippen LogP contribution in [0, 0.1) is 24.0 Å². The second-order valence-electron chi connectivity index (χ2n) is 6.90. The number of anilines is 1. The van der Waals surface area contributed by atoms with Gasteiger partial charge in [0.15, 0.2) is 5.82 Å². The fourth-order valence-electron chi connectivity index (χ4n) is 2.89. The Hall–Kier alpha value is -4.60. The van der Waals surface area contributed by atoms with E-state index in [0.717, 1.165) is 11.4 Å². The summed E-state index contributed by atoms with van der Waals surface area (Å²) in [4.78, 5) is 26.8. The second-order valence-corrected chi connectivity index (χ2v) is 6.90. The molecule has 0 atom stereocenters. The first-order chi connectivity index (χ1) is 15.4. The van der Waals surface area contributed by atoms with Gasteiger partial charge in [-0.3, -0.25) is 19.5 Å². The van der Waals surface area contributed by atoms with E-state index in [1.807, 2.05) is 18.4 Å². The molecule has 0 aliphatic carbocycles.